The van der Waals surface area contributed by atoms with Crippen LogP contribution in [0.2, 0.25) is 5.02 Å². The molecule has 29 heavy (non-hydrogen) atoms. The van der Waals surface area contributed by atoms with Gasteiger partial charge < -0.3 is 4.74 Å². The number of carbonyl (C=O) groups is 1. The molecule has 1 aromatic heterocycles. The van der Waals surface area contributed by atoms with Crippen molar-refractivity contribution in [2.24, 2.45) is 0 Å². The first kappa shape index (κ1) is 21.1. The quantitative estimate of drug-likeness (QED) is 0.265. The summed E-state index contributed by atoms with van der Waals surface area (Å²) in [7, 11) is 0. The molecule has 0 fully saturated rings. The zero-order valence-corrected chi connectivity index (χ0v) is 17.3. The van der Waals surface area contributed by atoms with E-state index < -0.39 is 0 Å². The van der Waals surface area contributed by atoms with Crippen molar-refractivity contribution in [1.29, 1.82) is 0 Å². The minimum absolute atomic E-state index is 0.0465. The number of hydrogen-bond donors (Lipinski definition) is 0. The van der Waals surface area contributed by atoms with E-state index in [0.29, 0.717) is 33.9 Å². The van der Waals surface area contributed by atoms with Crippen LogP contribution in [0.1, 0.15) is 23.1 Å². The predicted molar refractivity (Wildman–Crippen MR) is 112 cm³/mol. The molecule has 1 heterocycles. The van der Waals surface area contributed by atoms with Crippen molar-refractivity contribution in [1.82, 2.24) is 14.8 Å². The van der Waals surface area contributed by atoms with Crippen LogP contribution in [0.5, 0.6) is 5.75 Å². The average Bonchev–Trinajstić information content (AvgIpc) is 3.08. The summed E-state index contributed by atoms with van der Waals surface area (Å²) < 4.78 is 20.5. The summed E-state index contributed by atoms with van der Waals surface area (Å²) in [6.07, 6.45) is 1.72. The van der Waals surface area contributed by atoms with Gasteiger partial charge in [-0.2, -0.15) is 0 Å². The Morgan fingerprint density at radius 2 is 2.07 bits per heavy atom. The number of Topliss-reactive ketones (excluding diaryl/α,β-unsaturated/α-hetero) is 1. The van der Waals surface area contributed by atoms with Gasteiger partial charge >= 0.3 is 0 Å². The van der Waals surface area contributed by atoms with Gasteiger partial charge in [0.25, 0.3) is 0 Å². The molecule has 0 aliphatic heterocycles. The maximum atomic E-state index is 13.0. The molecule has 1 atom stereocenters. The largest absolute Gasteiger partial charge is 0.486 e. The second-order valence-electron chi connectivity index (χ2n) is 6.18. The number of ether oxygens (including phenoxy) is 1. The fraction of sp³-hybridized carbons (Fsp3) is 0.190. The molecule has 8 heteroatoms. The zero-order valence-electron chi connectivity index (χ0n) is 15.7. The first-order chi connectivity index (χ1) is 14.0. The predicted octanol–water partition coefficient (Wildman–Crippen LogP) is 5.20. The summed E-state index contributed by atoms with van der Waals surface area (Å²) in [5.41, 5.74) is 0.548. The minimum Gasteiger partial charge on any atom is -0.486 e. The molecule has 0 radical (unpaired) electrons. The highest BCUT2D eigenvalue weighted by Crippen LogP contribution is 2.26. The monoisotopic (exact) mass is 431 g/mol. The molecule has 5 nitrogen and oxygen atoms in total. The van der Waals surface area contributed by atoms with E-state index in [2.05, 4.69) is 16.8 Å². The van der Waals surface area contributed by atoms with Gasteiger partial charge in [-0.05, 0) is 43.3 Å². The van der Waals surface area contributed by atoms with E-state index in [4.69, 9.17) is 16.3 Å². The van der Waals surface area contributed by atoms with E-state index in [1.165, 1.54) is 23.9 Å². The Kier molecular flexibility index (Phi) is 7.06. The first-order valence-corrected chi connectivity index (χ1v) is 10.1. The van der Waals surface area contributed by atoms with Crippen LogP contribution in [0.4, 0.5) is 4.39 Å². The molecule has 0 aliphatic carbocycles. The van der Waals surface area contributed by atoms with Gasteiger partial charge in [-0.15, -0.1) is 16.8 Å². The third-order valence-electron chi connectivity index (χ3n) is 4.05. The molecule has 0 saturated heterocycles. The number of thioether (sulfide) groups is 1. The smallest absolute Gasteiger partial charge is 0.192 e. The van der Waals surface area contributed by atoms with Gasteiger partial charge in [-0.3, -0.25) is 9.36 Å². The van der Waals surface area contributed by atoms with Crippen molar-refractivity contribution in [2.75, 3.05) is 0 Å². The summed E-state index contributed by atoms with van der Waals surface area (Å²) in [6.45, 7) is 6.21. The molecule has 2 aromatic carbocycles. The van der Waals surface area contributed by atoms with Crippen LogP contribution >= 0.6 is 23.4 Å². The zero-order chi connectivity index (χ0) is 20.8. The van der Waals surface area contributed by atoms with E-state index in [1.54, 1.807) is 42.5 Å². The summed E-state index contributed by atoms with van der Waals surface area (Å²) >= 11 is 7.29. The van der Waals surface area contributed by atoms with Gasteiger partial charge in [-0.1, -0.05) is 41.6 Å². The Bertz CT molecular complexity index is 1010. The van der Waals surface area contributed by atoms with Crippen molar-refractivity contribution in [3.05, 3.63) is 83.4 Å². The molecule has 3 aromatic rings. The van der Waals surface area contributed by atoms with Crippen LogP contribution in [0.3, 0.4) is 0 Å². The van der Waals surface area contributed by atoms with Crippen molar-refractivity contribution >= 4 is 29.1 Å². The van der Waals surface area contributed by atoms with Crippen molar-refractivity contribution < 1.29 is 13.9 Å². The fourth-order valence-electron chi connectivity index (χ4n) is 2.59. The Hall–Kier alpha value is -2.64. The highest BCUT2D eigenvalue weighted by Gasteiger charge is 2.21. The van der Waals surface area contributed by atoms with Crippen LogP contribution in [0.25, 0.3) is 0 Å². The minimum atomic E-state index is -0.382. The van der Waals surface area contributed by atoms with Crippen LogP contribution in [-0.4, -0.2) is 25.8 Å². The molecule has 0 N–H and O–H groups in total. The van der Waals surface area contributed by atoms with Gasteiger partial charge in [-0.25, -0.2) is 4.39 Å². The lowest BCUT2D eigenvalue weighted by atomic mass is 10.1. The van der Waals surface area contributed by atoms with E-state index in [9.17, 15) is 9.18 Å². The highest BCUT2D eigenvalue weighted by molar-refractivity contribution is 8.00. The SMILES string of the molecule is C=CCn1c(COc2ccc(F)cc2)nnc1S[C@@H](C)C(=O)c1cccc(Cl)c1. The normalized spacial score (nSPS) is 11.8. The van der Waals surface area contributed by atoms with Crippen LogP contribution in [-0.2, 0) is 13.2 Å². The van der Waals surface area contributed by atoms with Crippen molar-refractivity contribution in [3.8, 4) is 5.75 Å². The molecular weight excluding hydrogens is 413 g/mol. The lowest BCUT2D eigenvalue weighted by Gasteiger charge is -2.12. The summed E-state index contributed by atoms with van der Waals surface area (Å²) in [5.74, 6) is 0.733. The number of carbonyl (C=O) groups excluding carboxylic acids is 1. The first-order valence-electron chi connectivity index (χ1n) is 8.85. The standard InChI is InChI=1S/C21H19ClFN3O2S/c1-3-11-26-19(13-28-18-9-7-17(23)8-10-18)24-25-21(26)29-14(2)20(27)15-5-4-6-16(22)12-15/h3-10,12,14H,1,11,13H2,2H3/t14-/m0/s1. The maximum Gasteiger partial charge on any atom is 0.192 e. The molecule has 3 rings (SSSR count). The molecule has 0 amide bonds. The maximum absolute atomic E-state index is 13.0. The Morgan fingerprint density at radius 3 is 2.76 bits per heavy atom. The third kappa shape index (κ3) is 5.46. The lowest BCUT2D eigenvalue weighted by molar-refractivity contribution is 0.0994. The van der Waals surface area contributed by atoms with Crippen molar-refractivity contribution in [3.63, 3.8) is 0 Å². The second kappa shape index (κ2) is 9.71. The van der Waals surface area contributed by atoms with Crippen molar-refractivity contribution in [2.45, 2.75) is 30.5 Å². The number of halogens is 2. The molecule has 0 spiro atoms. The average molecular weight is 432 g/mol. The molecule has 0 bridgehead atoms. The Balaban J connectivity index is 1.72. The Morgan fingerprint density at radius 1 is 1.31 bits per heavy atom. The molecule has 0 saturated carbocycles. The number of benzene rings is 2. The molecule has 0 unspecified atom stereocenters. The Labute approximate surface area is 177 Å². The van der Waals surface area contributed by atoms with Crippen LogP contribution < -0.4 is 4.74 Å². The van der Waals surface area contributed by atoms with Gasteiger partial charge in [0.15, 0.2) is 16.8 Å². The molecule has 0 aliphatic rings. The fourth-order valence-corrected chi connectivity index (χ4v) is 3.74. The topological polar surface area (TPSA) is 57.0 Å². The van der Waals surface area contributed by atoms with Gasteiger partial charge in [0.1, 0.15) is 18.2 Å². The van der Waals surface area contributed by atoms with E-state index >= 15 is 0 Å². The number of rotatable bonds is 9. The number of nitrogens with zero attached hydrogens (tertiary/aromatic N) is 3. The van der Waals surface area contributed by atoms with E-state index in [-0.39, 0.29) is 23.5 Å². The van der Waals surface area contributed by atoms with Gasteiger partial charge in [0, 0.05) is 17.1 Å². The molecular formula is C21H19ClFN3O2S. The van der Waals surface area contributed by atoms with E-state index in [1.807, 2.05) is 11.5 Å². The summed E-state index contributed by atoms with van der Waals surface area (Å²) in [5, 5.41) is 9.11. The van der Waals surface area contributed by atoms with E-state index in [0.717, 1.165) is 0 Å². The molecule has 150 valence electrons. The van der Waals surface area contributed by atoms with Gasteiger partial charge in [0.05, 0.1) is 5.25 Å². The second-order valence-corrected chi connectivity index (χ2v) is 7.92. The third-order valence-corrected chi connectivity index (χ3v) is 5.36. The van der Waals surface area contributed by atoms with Crippen LogP contribution in [0.15, 0.2) is 66.3 Å². The van der Waals surface area contributed by atoms with Gasteiger partial charge in [0.2, 0.25) is 0 Å². The van der Waals surface area contributed by atoms with Crippen LogP contribution in [0, 0.1) is 5.82 Å². The number of ketones is 1. The number of allylic oxidation sites excluding steroid dienone is 1. The lowest BCUT2D eigenvalue weighted by Crippen LogP contribution is -2.15. The summed E-state index contributed by atoms with van der Waals surface area (Å²) in [4.78, 5) is 12.7. The number of aromatic nitrogens is 3. The number of hydrogen-bond acceptors (Lipinski definition) is 5. The summed E-state index contributed by atoms with van der Waals surface area (Å²) in [6, 6.07) is 12.6. The highest BCUT2D eigenvalue weighted by atomic mass is 35.5.